The van der Waals surface area contributed by atoms with E-state index in [0.29, 0.717) is 0 Å². The van der Waals surface area contributed by atoms with Gasteiger partial charge in [0.15, 0.2) is 0 Å². The average molecular weight is 278 g/mol. The summed E-state index contributed by atoms with van der Waals surface area (Å²) in [6, 6.07) is 9.11. The Kier molecular flexibility index (Phi) is 3.42. The van der Waals surface area contributed by atoms with E-state index in [1.54, 1.807) is 11.3 Å². The van der Waals surface area contributed by atoms with Crippen molar-refractivity contribution in [2.45, 2.75) is 32.4 Å². The van der Waals surface area contributed by atoms with Gasteiger partial charge in [0.2, 0.25) is 0 Å². The van der Waals surface area contributed by atoms with Gasteiger partial charge < -0.3 is 5.32 Å². The second-order valence-electron chi connectivity index (χ2n) is 4.89. The van der Waals surface area contributed by atoms with Gasteiger partial charge in [-0.2, -0.15) is 0 Å². The number of thiophene rings is 1. The van der Waals surface area contributed by atoms with Crippen LogP contribution in [-0.4, -0.2) is 6.04 Å². The van der Waals surface area contributed by atoms with E-state index in [1.165, 1.54) is 34.4 Å². The largest absolute Gasteiger partial charge is 0.310 e. The molecule has 2 aromatic rings. The van der Waals surface area contributed by atoms with Crippen molar-refractivity contribution in [1.82, 2.24) is 5.32 Å². The SMILES string of the molecule is Cc1ccsc1-c1ccc(Cl)cc1CNC1CC1. The zero-order valence-electron chi connectivity index (χ0n) is 10.4. The van der Waals surface area contributed by atoms with Gasteiger partial charge in [-0.1, -0.05) is 17.7 Å². The van der Waals surface area contributed by atoms with Crippen molar-refractivity contribution < 1.29 is 0 Å². The molecule has 0 amide bonds. The first-order chi connectivity index (χ1) is 8.74. The highest BCUT2D eigenvalue weighted by molar-refractivity contribution is 7.13. The lowest BCUT2D eigenvalue weighted by molar-refractivity contribution is 0.689. The predicted molar refractivity (Wildman–Crippen MR) is 79.4 cm³/mol. The van der Waals surface area contributed by atoms with E-state index in [-0.39, 0.29) is 0 Å². The van der Waals surface area contributed by atoms with Gasteiger partial charge in [-0.25, -0.2) is 0 Å². The first-order valence-electron chi connectivity index (χ1n) is 6.30. The molecule has 94 valence electrons. The summed E-state index contributed by atoms with van der Waals surface area (Å²) >= 11 is 7.93. The third-order valence-corrected chi connectivity index (χ3v) is 4.62. The van der Waals surface area contributed by atoms with E-state index in [1.807, 2.05) is 6.07 Å². The lowest BCUT2D eigenvalue weighted by atomic mass is 10.0. The minimum Gasteiger partial charge on any atom is -0.310 e. The van der Waals surface area contributed by atoms with Gasteiger partial charge in [-0.05, 0) is 60.0 Å². The van der Waals surface area contributed by atoms with E-state index in [4.69, 9.17) is 11.6 Å². The molecule has 0 aliphatic heterocycles. The molecular formula is C15H16ClNS. The summed E-state index contributed by atoms with van der Waals surface area (Å²) in [6.07, 6.45) is 2.63. The highest BCUT2D eigenvalue weighted by atomic mass is 35.5. The van der Waals surface area contributed by atoms with E-state index in [9.17, 15) is 0 Å². The summed E-state index contributed by atoms with van der Waals surface area (Å²) in [6.45, 7) is 3.08. The van der Waals surface area contributed by atoms with Crippen LogP contribution in [0.1, 0.15) is 24.0 Å². The third-order valence-electron chi connectivity index (χ3n) is 3.33. The van der Waals surface area contributed by atoms with E-state index in [0.717, 1.165) is 17.6 Å². The Balaban J connectivity index is 1.94. The van der Waals surface area contributed by atoms with Crippen molar-refractivity contribution in [2.75, 3.05) is 0 Å². The van der Waals surface area contributed by atoms with Crippen LogP contribution in [0.3, 0.4) is 0 Å². The number of halogens is 1. The van der Waals surface area contributed by atoms with Crippen LogP contribution in [0.2, 0.25) is 5.02 Å². The molecule has 1 aliphatic carbocycles. The monoisotopic (exact) mass is 277 g/mol. The molecule has 1 heterocycles. The Bertz CT molecular complexity index is 557. The van der Waals surface area contributed by atoms with Crippen LogP contribution in [0, 0.1) is 6.92 Å². The van der Waals surface area contributed by atoms with Gasteiger partial charge in [0.05, 0.1) is 0 Å². The molecule has 0 bridgehead atoms. The second-order valence-corrected chi connectivity index (χ2v) is 6.24. The molecule has 0 spiro atoms. The van der Waals surface area contributed by atoms with E-state index >= 15 is 0 Å². The molecule has 1 aromatic heterocycles. The molecule has 1 saturated carbocycles. The summed E-state index contributed by atoms with van der Waals surface area (Å²) in [5, 5.41) is 6.54. The lowest BCUT2D eigenvalue weighted by Crippen LogP contribution is -2.15. The molecule has 3 heteroatoms. The molecular weight excluding hydrogens is 262 g/mol. The molecule has 1 aromatic carbocycles. The average Bonchev–Trinajstić information content (AvgIpc) is 3.09. The van der Waals surface area contributed by atoms with Crippen molar-refractivity contribution in [1.29, 1.82) is 0 Å². The van der Waals surface area contributed by atoms with E-state index in [2.05, 4.69) is 35.8 Å². The number of hydrogen-bond acceptors (Lipinski definition) is 2. The molecule has 1 N–H and O–H groups in total. The standard InChI is InChI=1S/C15H16ClNS/c1-10-6-7-18-15(10)14-5-2-12(16)8-11(14)9-17-13-3-4-13/h2,5-8,13,17H,3-4,9H2,1H3. The fourth-order valence-electron chi connectivity index (χ4n) is 2.12. The van der Waals surface area contributed by atoms with Crippen LogP contribution in [-0.2, 0) is 6.54 Å². The minimum absolute atomic E-state index is 0.723. The molecule has 0 unspecified atom stereocenters. The zero-order valence-corrected chi connectivity index (χ0v) is 11.9. The summed E-state index contributed by atoms with van der Waals surface area (Å²) in [5.74, 6) is 0. The molecule has 0 atom stereocenters. The van der Waals surface area contributed by atoms with Gasteiger partial charge in [0.1, 0.15) is 0 Å². The highest BCUT2D eigenvalue weighted by Gasteiger charge is 2.20. The normalized spacial score (nSPS) is 15.0. The first-order valence-corrected chi connectivity index (χ1v) is 7.56. The molecule has 1 nitrogen and oxygen atoms in total. The molecule has 3 rings (SSSR count). The number of benzene rings is 1. The van der Waals surface area contributed by atoms with Gasteiger partial charge in [0, 0.05) is 22.5 Å². The third kappa shape index (κ3) is 2.61. The van der Waals surface area contributed by atoms with Crippen molar-refractivity contribution in [3.8, 4) is 10.4 Å². The van der Waals surface area contributed by atoms with Crippen LogP contribution in [0.5, 0.6) is 0 Å². The van der Waals surface area contributed by atoms with Crippen molar-refractivity contribution in [3.05, 3.63) is 45.8 Å². The maximum atomic E-state index is 6.12. The highest BCUT2D eigenvalue weighted by Crippen LogP contribution is 2.33. The van der Waals surface area contributed by atoms with Crippen molar-refractivity contribution >= 4 is 22.9 Å². The maximum Gasteiger partial charge on any atom is 0.0409 e. The maximum absolute atomic E-state index is 6.12. The Labute approximate surface area is 117 Å². The molecule has 18 heavy (non-hydrogen) atoms. The van der Waals surface area contributed by atoms with Gasteiger partial charge >= 0.3 is 0 Å². The Morgan fingerprint density at radius 1 is 1.33 bits per heavy atom. The minimum atomic E-state index is 0.723. The summed E-state index contributed by atoms with van der Waals surface area (Å²) in [5.41, 5.74) is 3.97. The Hall–Kier alpha value is -0.830. The van der Waals surface area contributed by atoms with Crippen LogP contribution in [0.4, 0.5) is 0 Å². The van der Waals surface area contributed by atoms with Crippen molar-refractivity contribution in [2.24, 2.45) is 0 Å². The van der Waals surface area contributed by atoms with Gasteiger partial charge in [-0.3, -0.25) is 0 Å². The van der Waals surface area contributed by atoms with Gasteiger partial charge in [-0.15, -0.1) is 11.3 Å². The van der Waals surface area contributed by atoms with E-state index < -0.39 is 0 Å². The lowest BCUT2D eigenvalue weighted by Gasteiger charge is -2.10. The van der Waals surface area contributed by atoms with Crippen LogP contribution >= 0.6 is 22.9 Å². The summed E-state index contributed by atoms with van der Waals surface area (Å²) in [7, 11) is 0. The number of nitrogens with one attached hydrogen (secondary N) is 1. The number of aryl methyl sites for hydroxylation is 1. The Morgan fingerprint density at radius 3 is 2.83 bits per heavy atom. The van der Waals surface area contributed by atoms with Gasteiger partial charge in [0.25, 0.3) is 0 Å². The number of rotatable bonds is 4. The van der Waals surface area contributed by atoms with Crippen LogP contribution in [0.15, 0.2) is 29.6 Å². The molecule has 1 fully saturated rings. The topological polar surface area (TPSA) is 12.0 Å². The number of hydrogen-bond donors (Lipinski definition) is 1. The van der Waals surface area contributed by atoms with Crippen molar-refractivity contribution in [3.63, 3.8) is 0 Å². The Morgan fingerprint density at radius 2 is 2.17 bits per heavy atom. The quantitative estimate of drug-likeness (QED) is 0.859. The predicted octanol–water partition coefficient (Wildman–Crippen LogP) is 4.63. The van der Waals surface area contributed by atoms with Crippen LogP contribution < -0.4 is 5.32 Å². The fraction of sp³-hybridized carbons (Fsp3) is 0.333. The summed E-state index contributed by atoms with van der Waals surface area (Å²) in [4.78, 5) is 1.36. The molecule has 0 radical (unpaired) electrons. The summed E-state index contributed by atoms with van der Waals surface area (Å²) < 4.78 is 0. The zero-order chi connectivity index (χ0) is 12.5. The van der Waals surface area contributed by atoms with Crippen LogP contribution in [0.25, 0.3) is 10.4 Å². The second kappa shape index (κ2) is 5.04. The molecule has 0 saturated heterocycles. The first kappa shape index (κ1) is 12.2. The fourth-order valence-corrected chi connectivity index (χ4v) is 3.30. The molecule has 1 aliphatic rings. The smallest absolute Gasteiger partial charge is 0.0409 e.